The van der Waals surface area contributed by atoms with Crippen molar-refractivity contribution in [2.24, 2.45) is 0 Å². The molecule has 1 aromatic carbocycles. The molecule has 5 heteroatoms. The number of ether oxygens (including phenoxy) is 1. The first-order chi connectivity index (χ1) is 10.6. The third kappa shape index (κ3) is 5.64. The van der Waals surface area contributed by atoms with Crippen LogP contribution in [-0.4, -0.2) is 43.1 Å². The lowest BCUT2D eigenvalue weighted by atomic mass is 10.1. The summed E-state index contributed by atoms with van der Waals surface area (Å²) in [5, 5.41) is 2.89. The van der Waals surface area contributed by atoms with Crippen molar-refractivity contribution in [3.05, 3.63) is 30.1 Å². The highest BCUT2D eigenvalue weighted by Gasteiger charge is 2.14. The quantitative estimate of drug-likeness (QED) is 0.787. The normalized spacial score (nSPS) is 17.0. The van der Waals surface area contributed by atoms with Crippen LogP contribution >= 0.6 is 0 Å². The molecular formula is C17H25FN2O2. The summed E-state index contributed by atoms with van der Waals surface area (Å²) in [6, 6.07) is 5.68. The van der Waals surface area contributed by atoms with Crippen LogP contribution in [0, 0.1) is 5.82 Å². The minimum absolute atomic E-state index is 0.136. The fourth-order valence-electron chi connectivity index (χ4n) is 2.61. The van der Waals surface area contributed by atoms with Gasteiger partial charge in [0.25, 0.3) is 5.91 Å². The molecule has 2 rings (SSSR count). The second-order valence-corrected chi connectivity index (χ2v) is 5.76. The second-order valence-electron chi connectivity index (χ2n) is 5.76. The molecular weight excluding hydrogens is 283 g/mol. The molecule has 1 aliphatic heterocycles. The SMILES string of the molecule is C[C@H](Oc1ccc(F)cc1)C(=O)NCCCN1CCCCC1. The van der Waals surface area contributed by atoms with Gasteiger partial charge in [-0.25, -0.2) is 4.39 Å². The van der Waals surface area contributed by atoms with Crippen molar-refractivity contribution < 1.29 is 13.9 Å². The number of likely N-dealkylation sites (tertiary alicyclic amines) is 1. The van der Waals surface area contributed by atoms with Crippen molar-refractivity contribution in [3.8, 4) is 5.75 Å². The van der Waals surface area contributed by atoms with E-state index in [0.29, 0.717) is 12.3 Å². The Morgan fingerprint density at radius 3 is 2.64 bits per heavy atom. The van der Waals surface area contributed by atoms with E-state index in [0.717, 1.165) is 13.0 Å². The minimum Gasteiger partial charge on any atom is -0.481 e. The maximum atomic E-state index is 12.8. The Labute approximate surface area is 131 Å². The Morgan fingerprint density at radius 1 is 1.27 bits per heavy atom. The lowest BCUT2D eigenvalue weighted by molar-refractivity contribution is -0.127. The molecule has 0 saturated carbocycles. The van der Waals surface area contributed by atoms with Crippen LogP contribution in [0.25, 0.3) is 0 Å². The second kappa shape index (κ2) is 8.73. The number of hydrogen-bond donors (Lipinski definition) is 1. The molecule has 0 unspecified atom stereocenters. The molecule has 0 radical (unpaired) electrons. The average Bonchev–Trinajstić information content (AvgIpc) is 2.54. The van der Waals surface area contributed by atoms with Crippen LogP contribution in [0.5, 0.6) is 5.75 Å². The maximum absolute atomic E-state index is 12.8. The van der Waals surface area contributed by atoms with Gasteiger partial charge in [0.2, 0.25) is 0 Å². The predicted molar refractivity (Wildman–Crippen MR) is 84.4 cm³/mol. The van der Waals surface area contributed by atoms with Crippen LogP contribution in [0.4, 0.5) is 4.39 Å². The molecule has 1 heterocycles. The molecule has 0 spiro atoms. The molecule has 122 valence electrons. The van der Waals surface area contributed by atoms with Crippen LogP contribution in [0.2, 0.25) is 0 Å². The van der Waals surface area contributed by atoms with Gasteiger partial charge < -0.3 is 15.0 Å². The number of amides is 1. The van der Waals surface area contributed by atoms with Gasteiger partial charge in [0, 0.05) is 6.54 Å². The van der Waals surface area contributed by atoms with E-state index >= 15 is 0 Å². The predicted octanol–water partition coefficient (Wildman–Crippen LogP) is 2.59. The zero-order chi connectivity index (χ0) is 15.8. The van der Waals surface area contributed by atoms with Crippen molar-refractivity contribution in [1.29, 1.82) is 0 Å². The molecule has 0 aromatic heterocycles. The van der Waals surface area contributed by atoms with Gasteiger partial charge in [-0.1, -0.05) is 6.42 Å². The van der Waals surface area contributed by atoms with Crippen LogP contribution < -0.4 is 10.1 Å². The third-order valence-electron chi connectivity index (χ3n) is 3.89. The van der Waals surface area contributed by atoms with Crippen LogP contribution in [0.1, 0.15) is 32.6 Å². The summed E-state index contributed by atoms with van der Waals surface area (Å²) in [4.78, 5) is 14.4. The number of hydrogen-bond acceptors (Lipinski definition) is 3. The van der Waals surface area contributed by atoms with Crippen LogP contribution in [-0.2, 0) is 4.79 Å². The number of piperidine rings is 1. The molecule has 22 heavy (non-hydrogen) atoms. The summed E-state index contributed by atoms with van der Waals surface area (Å²) in [7, 11) is 0. The van der Waals surface area contributed by atoms with Crippen molar-refractivity contribution in [2.75, 3.05) is 26.2 Å². The number of halogens is 1. The molecule has 1 saturated heterocycles. The Morgan fingerprint density at radius 2 is 1.95 bits per heavy atom. The van der Waals surface area contributed by atoms with Crippen molar-refractivity contribution in [2.45, 2.75) is 38.7 Å². The smallest absolute Gasteiger partial charge is 0.260 e. The zero-order valence-electron chi connectivity index (χ0n) is 13.2. The molecule has 0 bridgehead atoms. The van der Waals surface area contributed by atoms with E-state index in [4.69, 9.17) is 4.74 Å². The van der Waals surface area contributed by atoms with E-state index in [1.807, 2.05) is 0 Å². The van der Waals surface area contributed by atoms with Gasteiger partial charge in [-0.05, 0) is 70.1 Å². The number of carbonyl (C=O) groups excluding carboxylic acids is 1. The van der Waals surface area contributed by atoms with Gasteiger partial charge in [0.05, 0.1) is 0 Å². The highest BCUT2D eigenvalue weighted by molar-refractivity contribution is 5.80. The van der Waals surface area contributed by atoms with Gasteiger partial charge in [0.15, 0.2) is 6.10 Å². The molecule has 1 N–H and O–H groups in total. The van der Waals surface area contributed by atoms with Gasteiger partial charge in [-0.2, -0.15) is 0 Å². The minimum atomic E-state index is -0.583. The lowest BCUT2D eigenvalue weighted by Gasteiger charge is -2.26. The van der Waals surface area contributed by atoms with E-state index in [1.165, 1.54) is 56.6 Å². The van der Waals surface area contributed by atoms with Gasteiger partial charge in [-0.3, -0.25) is 4.79 Å². The number of rotatable bonds is 7. The number of carbonyl (C=O) groups is 1. The average molecular weight is 308 g/mol. The molecule has 1 amide bonds. The Bertz CT molecular complexity index is 458. The summed E-state index contributed by atoms with van der Waals surface area (Å²) in [5.41, 5.74) is 0. The molecule has 1 aromatic rings. The topological polar surface area (TPSA) is 41.6 Å². The van der Waals surface area contributed by atoms with E-state index in [-0.39, 0.29) is 11.7 Å². The highest BCUT2D eigenvalue weighted by atomic mass is 19.1. The number of nitrogens with zero attached hydrogens (tertiary/aromatic N) is 1. The van der Waals surface area contributed by atoms with Gasteiger partial charge in [0.1, 0.15) is 11.6 Å². The number of benzene rings is 1. The standard InChI is InChI=1S/C17H25FN2O2/c1-14(22-16-8-6-15(18)7-9-16)17(21)19-10-5-13-20-11-3-2-4-12-20/h6-9,14H,2-5,10-13H2,1H3,(H,19,21)/t14-/m0/s1. The fraction of sp³-hybridized carbons (Fsp3) is 0.588. The monoisotopic (exact) mass is 308 g/mol. The van der Waals surface area contributed by atoms with Crippen molar-refractivity contribution in [3.63, 3.8) is 0 Å². The van der Waals surface area contributed by atoms with Crippen LogP contribution in [0.15, 0.2) is 24.3 Å². The van der Waals surface area contributed by atoms with E-state index in [1.54, 1.807) is 6.92 Å². The lowest BCUT2D eigenvalue weighted by Crippen LogP contribution is -2.38. The molecule has 0 aliphatic carbocycles. The maximum Gasteiger partial charge on any atom is 0.260 e. The highest BCUT2D eigenvalue weighted by Crippen LogP contribution is 2.13. The van der Waals surface area contributed by atoms with Crippen molar-refractivity contribution >= 4 is 5.91 Å². The largest absolute Gasteiger partial charge is 0.481 e. The summed E-state index contributed by atoms with van der Waals surface area (Å²) < 4.78 is 18.3. The fourth-order valence-corrected chi connectivity index (χ4v) is 2.61. The Hall–Kier alpha value is -1.62. The number of nitrogens with one attached hydrogen (secondary N) is 1. The third-order valence-corrected chi connectivity index (χ3v) is 3.89. The summed E-state index contributed by atoms with van der Waals surface area (Å²) in [6.07, 6.45) is 4.28. The zero-order valence-corrected chi connectivity index (χ0v) is 13.2. The summed E-state index contributed by atoms with van der Waals surface area (Å²) in [5.74, 6) is 0.0440. The Balaban J connectivity index is 1.62. The van der Waals surface area contributed by atoms with Crippen LogP contribution in [0.3, 0.4) is 0 Å². The molecule has 1 atom stereocenters. The van der Waals surface area contributed by atoms with E-state index < -0.39 is 6.10 Å². The summed E-state index contributed by atoms with van der Waals surface area (Å²) in [6.45, 7) is 5.75. The molecule has 1 aliphatic rings. The molecule has 4 nitrogen and oxygen atoms in total. The van der Waals surface area contributed by atoms with E-state index in [9.17, 15) is 9.18 Å². The first-order valence-corrected chi connectivity index (χ1v) is 8.07. The first kappa shape index (κ1) is 16.7. The van der Waals surface area contributed by atoms with E-state index in [2.05, 4.69) is 10.2 Å². The Kier molecular flexibility index (Phi) is 6.65. The summed E-state index contributed by atoms with van der Waals surface area (Å²) >= 11 is 0. The van der Waals surface area contributed by atoms with Gasteiger partial charge >= 0.3 is 0 Å². The first-order valence-electron chi connectivity index (χ1n) is 8.07. The van der Waals surface area contributed by atoms with Crippen molar-refractivity contribution in [1.82, 2.24) is 10.2 Å². The molecule has 1 fully saturated rings. The van der Waals surface area contributed by atoms with Gasteiger partial charge in [-0.15, -0.1) is 0 Å².